The fourth-order valence-electron chi connectivity index (χ4n) is 3.36. The van der Waals surface area contributed by atoms with Crippen LogP contribution in [0.3, 0.4) is 0 Å². The van der Waals surface area contributed by atoms with E-state index in [9.17, 15) is 13.2 Å². The van der Waals surface area contributed by atoms with Gasteiger partial charge in [-0.1, -0.05) is 30.3 Å². The predicted molar refractivity (Wildman–Crippen MR) is 98.2 cm³/mol. The largest absolute Gasteiger partial charge is 0.304 e. The minimum Gasteiger partial charge on any atom is -0.304 e. The Labute approximate surface area is 149 Å². The summed E-state index contributed by atoms with van der Waals surface area (Å²) >= 11 is 0. The molecule has 2 saturated heterocycles. The third-order valence-electron chi connectivity index (χ3n) is 4.84. The summed E-state index contributed by atoms with van der Waals surface area (Å²) in [6.45, 7) is 4.39. The highest BCUT2D eigenvalue weighted by molar-refractivity contribution is 7.92. The van der Waals surface area contributed by atoms with Crippen LogP contribution in [0.4, 0.5) is 0 Å². The lowest BCUT2D eigenvalue weighted by Crippen LogP contribution is -2.50. The van der Waals surface area contributed by atoms with Gasteiger partial charge in [-0.05, 0) is 25.1 Å². The smallest absolute Gasteiger partial charge is 0.259 e. The third kappa shape index (κ3) is 4.48. The van der Waals surface area contributed by atoms with Gasteiger partial charge in [-0.3, -0.25) is 9.69 Å². The summed E-state index contributed by atoms with van der Waals surface area (Å²) in [6, 6.07) is 8.98. The van der Waals surface area contributed by atoms with E-state index >= 15 is 0 Å². The molecule has 0 aliphatic carbocycles. The van der Waals surface area contributed by atoms with Crippen LogP contribution >= 0.6 is 0 Å². The van der Waals surface area contributed by atoms with Crippen molar-refractivity contribution in [3.05, 3.63) is 41.3 Å². The monoisotopic (exact) mass is 363 g/mol. The van der Waals surface area contributed by atoms with Gasteiger partial charge in [0.1, 0.15) is 0 Å². The van der Waals surface area contributed by atoms with Crippen LogP contribution in [0.2, 0.25) is 0 Å². The number of carbonyl (C=O) groups is 1. The summed E-state index contributed by atoms with van der Waals surface area (Å²) in [5, 5.41) is 1.16. The lowest BCUT2D eigenvalue weighted by molar-refractivity contribution is -0.124. The molecule has 25 heavy (non-hydrogen) atoms. The first kappa shape index (κ1) is 18.1. The maximum atomic E-state index is 12.7. The van der Waals surface area contributed by atoms with Crippen molar-refractivity contribution in [2.45, 2.75) is 18.9 Å². The molecule has 2 aliphatic heterocycles. The highest BCUT2D eigenvalue weighted by atomic mass is 32.2. The van der Waals surface area contributed by atoms with Gasteiger partial charge in [0.25, 0.3) is 10.0 Å². The van der Waals surface area contributed by atoms with Crippen molar-refractivity contribution in [1.82, 2.24) is 14.1 Å². The average molecular weight is 363 g/mol. The van der Waals surface area contributed by atoms with Gasteiger partial charge in [-0.25, -0.2) is 12.7 Å². The molecule has 0 radical (unpaired) electrons. The summed E-state index contributed by atoms with van der Waals surface area (Å²) in [7, 11) is -1.67. The number of hydrogen-bond acceptors (Lipinski definition) is 5. The van der Waals surface area contributed by atoms with Crippen LogP contribution in [-0.2, 0) is 14.8 Å². The molecule has 0 N–H and O–H groups in total. The van der Waals surface area contributed by atoms with E-state index in [0.29, 0.717) is 19.4 Å². The number of sulfonamides is 1. The van der Waals surface area contributed by atoms with Crippen LogP contribution in [0.1, 0.15) is 18.4 Å². The molecule has 6 nitrogen and oxygen atoms in total. The van der Waals surface area contributed by atoms with Crippen molar-refractivity contribution >= 4 is 22.0 Å². The van der Waals surface area contributed by atoms with Crippen molar-refractivity contribution in [1.29, 1.82) is 0 Å². The van der Waals surface area contributed by atoms with Gasteiger partial charge in [0, 0.05) is 39.1 Å². The molecule has 7 heteroatoms. The summed E-state index contributed by atoms with van der Waals surface area (Å²) < 4.78 is 26.5. The topological polar surface area (TPSA) is 60.9 Å². The molecule has 1 aromatic carbocycles. The minimum absolute atomic E-state index is 0.263. The van der Waals surface area contributed by atoms with E-state index in [1.54, 1.807) is 6.08 Å². The third-order valence-corrected chi connectivity index (χ3v) is 6.37. The molecule has 2 fully saturated rings. The first-order chi connectivity index (χ1) is 12.0. The van der Waals surface area contributed by atoms with Crippen molar-refractivity contribution in [2.75, 3.05) is 39.8 Å². The maximum absolute atomic E-state index is 12.7. The molecule has 2 heterocycles. The van der Waals surface area contributed by atoms with Crippen LogP contribution in [0, 0.1) is 0 Å². The zero-order valence-electron chi connectivity index (χ0n) is 14.5. The van der Waals surface area contributed by atoms with Crippen molar-refractivity contribution < 1.29 is 13.2 Å². The number of amides is 1. The van der Waals surface area contributed by atoms with Gasteiger partial charge in [0.05, 0.1) is 11.4 Å². The maximum Gasteiger partial charge on any atom is 0.259 e. The zero-order valence-corrected chi connectivity index (χ0v) is 15.4. The van der Waals surface area contributed by atoms with E-state index in [4.69, 9.17) is 0 Å². The number of likely N-dealkylation sites (N-methyl/N-ethyl adjacent to an activating group) is 1. The Morgan fingerprint density at radius 3 is 2.48 bits per heavy atom. The standard InChI is InChI=1S/C18H25N3O3S/c1-19-10-12-20(13-11-19)15-17-7-8-18(22)21(17)25(23,24)14-9-16-5-3-2-4-6-16/h2-6,9,14,17H,7-8,10-13,15H2,1H3/b14-9+/t17-/m0/s1. The quantitative estimate of drug-likeness (QED) is 0.787. The van der Waals surface area contributed by atoms with Gasteiger partial charge < -0.3 is 4.90 Å². The summed E-state index contributed by atoms with van der Waals surface area (Å²) in [4.78, 5) is 16.7. The van der Waals surface area contributed by atoms with Crippen LogP contribution in [0.15, 0.2) is 35.7 Å². The summed E-state index contributed by atoms with van der Waals surface area (Å²) in [6.07, 6.45) is 2.45. The average Bonchev–Trinajstić information content (AvgIpc) is 2.97. The molecule has 0 unspecified atom stereocenters. The second-order valence-corrected chi connectivity index (χ2v) is 8.44. The summed E-state index contributed by atoms with van der Waals surface area (Å²) in [5.41, 5.74) is 0.799. The van der Waals surface area contributed by atoms with Gasteiger partial charge in [-0.2, -0.15) is 0 Å². The number of rotatable bonds is 5. The number of piperazine rings is 1. The van der Waals surface area contributed by atoms with Crippen molar-refractivity contribution in [3.8, 4) is 0 Å². The first-order valence-corrected chi connectivity index (χ1v) is 10.2. The molecule has 1 amide bonds. The Bertz CT molecular complexity index is 725. The van der Waals surface area contributed by atoms with E-state index in [1.165, 1.54) is 0 Å². The Kier molecular flexibility index (Phi) is 5.56. The van der Waals surface area contributed by atoms with Gasteiger partial charge >= 0.3 is 0 Å². The van der Waals surface area contributed by atoms with Crippen molar-refractivity contribution in [2.24, 2.45) is 0 Å². The molecule has 0 bridgehead atoms. The molecular formula is C18H25N3O3S. The van der Waals surface area contributed by atoms with E-state index in [1.807, 2.05) is 30.3 Å². The molecule has 0 saturated carbocycles. The van der Waals surface area contributed by atoms with Gasteiger partial charge in [-0.15, -0.1) is 0 Å². The summed E-state index contributed by atoms with van der Waals surface area (Å²) in [5.74, 6) is -0.295. The second-order valence-electron chi connectivity index (χ2n) is 6.74. The molecular weight excluding hydrogens is 338 g/mol. The van der Waals surface area contributed by atoms with E-state index in [2.05, 4.69) is 16.8 Å². The predicted octanol–water partition coefficient (Wildman–Crippen LogP) is 1.23. The molecule has 0 spiro atoms. The fourth-order valence-corrected chi connectivity index (χ4v) is 4.78. The van der Waals surface area contributed by atoms with Crippen molar-refractivity contribution in [3.63, 3.8) is 0 Å². The number of benzene rings is 1. The molecule has 1 atom stereocenters. The van der Waals surface area contributed by atoms with Crippen LogP contribution in [0.5, 0.6) is 0 Å². The van der Waals surface area contributed by atoms with Gasteiger partial charge in [0.2, 0.25) is 5.91 Å². The highest BCUT2D eigenvalue weighted by Crippen LogP contribution is 2.25. The Hall–Kier alpha value is -1.70. The minimum atomic E-state index is -3.75. The SMILES string of the molecule is CN1CCN(C[C@@H]2CCC(=O)N2S(=O)(=O)/C=C/c2ccccc2)CC1. The van der Waals surface area contributed by atoms with Crippen LogP contribution < -0.4 is 0 Å². The Balaban J connectivity index is 1.71. The normalized spacial score (nSPS) is 23.6. The van der Waals surface area contributed by atoms with E-state index in [0.717, 1.165) is 41.5 Å². The van der Waals surface area contributed by atoms with E-state index < -0.39 is 10.0 Å². The molecule has 1 aromatic rings. The lowest BCUT2D eigenvalue weighted by Gasteiger charge is -2.35. The number of carbonyl (C=O) groups excluding carboxylic acids is 1. The molecule has 3 rings (SSSR count). The molecule has 0 aromatic heterocycles. The number of hydrogen-bond donors (Lipinski definition) is 0. The Morgan fingerprint density at radius 2 is 1.80 bits per heavy atom. The van der Waals surface area contributed by atoms with Crippen LogP contribution in [0.25, 0.3) is 6.08 Å². The first-order valence-electron chi connectivity index (χ1n) is 8.67. The van der Waals surface area contributed by atoms with Crippen LogP contribution in [-0.4, -0.2) is 74.2 Å². The highest BCUT2D eigenvalue weighted by Gasteiger charge is 2.39. The van der Waals surface area contributed by atoms with Gasteiger partial charge in [0.15, 0.2) is 0 Å². The second kappa shape index (κ2) is 7.68. The molecule has 2 aliphatic rings. The zero-order chi connectivity index (χ0) is 17.9. The van der Waals surface area contributed by atoms with E-state index in [-0.39, 0.29) is 11.9 Å². The Morgan fingerprint density at radius 1 is 1.12 bits per heavy atom. The lowest BCUT2D eigenvalue weighted by atomic mass is 10.2. The fraction of sp³-hybridized carbons (Fsp3) is 0.500. The number of nitrogens with zero attached hydrogens (tertiary/aromatic N) is 3. The molecule has 136 valence electrons.